The maximum absolute atomic E-state index is 12.9. The number of ether oxygens (including phenoxy) is 1. The molecule has 0 aliphatic heterocycles. The van der Waals surface area contributed by atoms with Gasteiger partial charge in [0, 0.05) is 28.9 Å². The van der Waals surface area contributed by atoms with Gasteiger partial charge in [-0.25, -0.2) is 4.79 Å². The van der Waals surface area contributed by atoms with Crippen molar-refractivity contribution in [1.29, 1.82) is 5.26 Å². The highest BCUT2D eigenvalue weighted by Crippen LogP contribution is 2.23. The normalized spacial score (nSPS) is 10.9. The Hall–Kier alpha value is -3.57. The van der Waals surface area contributed by atoms with Crippen molar-refractivity contribution >= 4 is 29.1 Å². The first kappa shape index (κ1) is 22.1. The van der Waals surface area contributed by atoms with Crippen LogP contribution >= 0.6 is 11.5 Å². The lowest BCUT2D eigenvalue weighted by Crippen LogP contribution is -2.23. The number of hydrogen-bond donors (Lipinski definition) is 1. The lowest BCUT2D eigenvalue weighted by Gasteiger charge is -2.19. The standard InChI is InChI=1S/C23H22N4O3S/c1-14-20(19(31-27-14)11-18-8-5-15(12-24)13-25-18)21(28)26-17-9-6-16(7-10-17)22(29)30-23(2,3)4/h5-10,13H,11H2,1-4H3,(H,26,28). The van der Waals surface area contributed by atoms with E-state index in [-0.39, 0.29) is 5.91 Å². The van der Waals surface area contributed by atoms with Crippen molar-refractivity contribution < 1.29 is 14.3 Å². The van der Waals surface area contributed by atoms with E-state index in [4.69, 9.17) is 10.00 Å². The summed E-state index contributed by atoms with van der Waals surface area (Å²) in [6.07, 6.45) is 1.95. The number of pyridine rings is 1. The van der Waals surface area contributed by atoms with Crippen molar-refractivity contribution in [2.75, 3.05) is 5.32 Å². The minimum absolute atomic E-state index is 0.278. The number of carbonyl (C=O) groups is 2. The fourth-order valence-corrected chi connectivity index (χ4v) is 3.69. The third-order valence-corrected chi connectivity index (χ3v) is 5.17. The quantitative estimate of drug-likeness (QED) is 0.592. The second-order valence-electron chi connectivity index (χ2n) is 7.93. The minimum Gasteiger partial charge on any atom is -0.456 e. The van der Waals surface area contributed by atoms with Crippen LogP contribution in [0.3, 0.4) is 0 Å². The van der Waals surface area contributed by atoms with Gasteiger partial charge in [0.25, 0.3) is 5.91 Å². The lowest BCUT2D eigenvalue weighted by molar-refractivity contribution is 0.00695. The Morgan fingerprint density at radius 1 is 1.16 bits per heavy atom. The molecule has 0 fully saturated rings. The van der Waals surface area contributed by atoms with Gasteiger partial charge in [0.1, 0.15) is 11.7 Å². The molecule has 1 aromatic carbocycles. The van der Waals surface area contributed by atoms with Crippen molar-refractivity contribution in [3.05, 3.63) is 75.6 Å². The molecule has 0 radical (unpaired) electrons. The number of anilines is 1. The molecule has 3 aromatic rings. The van der Waals surface area contributed by atoms with Crippen LogP contribution in [-0.2, 0) is 11.2 Å². The topological polar surface area (TPSA) is 105 Å². The summed E-state index contributed by atoms with van der Waals surface area (Å²) in [5.41, 5.74) is 2.77. The highest BCUT2D eigenvalue weighted by molar-refractivity contribution is 7.06. The molecule has 0 saturated heterocycles. The largest absolute Gasteiger partial charge is 0.456 e. The smallest absolute Gasteiger partial charge is 0.338 e. The number of benzene rings is 1. The third-order valence-electron chi connectivity index (χ3n) is 4.23. The molecular formula is C23H22N4O3S. The summed E-state index contributed by atoms with van der Waals surface area (Å²) >= 11 is 1.25. The molecule has 0 aliphatic carbocycles. The van der Waals surface area contributed by atoms with Gasteiger partial charge < -0.3 is 10.1 Å². The Labute approximate surface area is 184 Å². The highest BCUT2D eigenvalue weighted by atomic mass is 32.1. The summed E-state index contributed by atoms with van der Waals surface area (Å²) in [5, 5.41) is 11.8. The van der Waals surface area contributed by atoms with Gasteiger partial charge in [0.15, 0.2) is 0 Å². The van der Waals surface area contributed by atoms with Crippen molar-refractivity contribution in [2.45, 2.75) is 39.7 Å². The van der Waals surface area contributed by atoms with E-state index in [0.717, 1.165) is 10.6 Å². The van der Waals surface area contributed by atoms with Crippen LogP contribution < -0.4 is 5.32 Å². The van der Waals surface area contributed by atoms with Crippen LogP contribution in [0.1, 0.15) is 63.3 Å². The maximum atomic E-state index is 12.9. The van der Waals surface area contributed by atoms with Gasteiger partial charge in [0.05, 0.1) is 22.4 Å². The fourth-order valence-electron chi connectivity index (χ4n) is 2.81. The molecule has 0 spiro atoms. The van der Waals surface area contributed by atoms with E-state index in [2.05, 4.69) is 14.7 Å². The fraction of sp³-hybridized carbons (Fsp3) is 0.261. The third kappa shape index (κ3) is 5.74. The molecule has 0 saturated carbocycles. The molecule has 1 amide bonds. The van der Waals surface area contributed by atoms with Crippen molar-refractivity contribution in [3.8, 4) is 6.07 Å². The summed E-state index contributed by atoms with van der Waals surface area (Å²) in [6.45, 7) is 7.21. The Bertz CT molecular complexity index is 1140. The van der Waals surface area contributed by atoms with E-state index in [1.807, 2.05) is 26.8 Å². The average Bonchev–Trinajstić information content (AvgIpc) is 3.08. The van der Waals surface area contributed by atoms with Gasteiger partial charge in [0.2, 0.25) is 0 Å². The van der Waals surface area contributed by atoms with E-state index in [0.29, 0.717) is 34.5 Å². The number of amides is 1. The first-order valence-corrected chi connectivity index (χ1v) is 10.4. The predicted octanol–water partition coefficient (Wildman–Crippen LogP) is 4.52. The van der Waals surface area contributed by atoms with Crippen molar-refractivity contribution in [1.82, 2.24) is 9.36 Å². The van der Waals surface area contributed by atoms with E-state index >= 15 is 0 Å². The van der Waals surface area contributed by atoms with Gasteiger partial charge in [-0.05, 0) is 75.6 Å². The van der Waals surface area contributed by atoms with Crippen LogP contribution in [0.5, 0.6) is 0 Å². The number of carbonyl (C=O) groups excluding carboxylic acids is 2. The maximum Gasteiger partial charge on any atom is 0.338 e. The molecule has 3 rings (SSSR count). The number of nitriles is 1. The molecule has 8 heteroatoms. The van der Waals surface area contributed by atoms with Crippen LogP contribution in [0, 0.1) is 18.3 Å². The van der Waals surface area contributed by atoms with Crippen LogP contribution in [0.25, 0.3) is 0 Å². The van der Waals surface area contributed by atoms with E-state index in [1.54, 1.807) is 43.3 Å². The second-order valence-corrected chi connectivity index (χ2v) is 8.78. The SMILES string of the molecule is Cc1nsc(Cc2ccc(C#N)cn2)c1C(=O)Nc1ccc(C(=O)OC(C)(C)C)cc1. The zero-order valence-electron chi connectivity index (χ0n) is 17.7. The predicted molar refractivity (Wildman–Crippen MR) is 118 cm³/mol. The number of esters is 1. The first-order chi connectivity index (χ1) is 14.7. The summed E-state index contributed by atoms with van der Waals surface area (Å²) in [5.74, 6) is -0.694. The van der Waals surface area contributed by atoms with Crippen LogP contribution in [-0.4, -0.2) is 26.8 Å². The Morgan fingerprint density at radius 3 is 2.45 bits per heavy atom. The van der Waals surface area contributed by atoms with Gasteiger partial charge in [-0.15, -0.1) is 0 Å². The van der Waals surface area contributed by atoms with Gasteiger partial charge in [-0.3, -0.25) is 9.78 Å². The van der Waals surface area contributed by atoms with Gasteiger partial charge in [-0.2, -0.15) is 9.64 Å². The van der Waals surface area contributed by atoms with Crippen molar-refractivity contribution in [3.63, 3.8) is 0 Å². The first-order valence-electron chi connectivity index (χ1n) is 9.61. The van der Waals surface area contributed by atoms with E-state index in [1.165, 1.54) is 17.7 Å². The zero-order chi connectivity index (χ0) is 22.6. The molecule has 1 N–H and O–H groups in total. The van der Waals surface area contributed by atoms with Crippen molar-refractivity contribution in [2.24, 2.45) is 0 Å². The molecule has 0 atom stereocenters. The Kier molecular flexibility index (Phi) is 6.47. The second kappa shape index (κ2) is 9.06. The number of hydrogen-bond acceptors (Lipinski definition) is 7. The van der Waals surface area contributed by atoms with Crippen LogP contribution in [0.2, 0.25) is 0 Å². The number of aromatic nitrogens is 2. The van der Waals surface area contributed by atoms with E-state index in [9.17, 15) is 9.59 Å². The minimum atomic E-state index is -0.576. The summed E-state index contributed by atoms with van der Waals surface area (Å²) < 4.78 is 9.67. The lowest BCUT2D eigenvalue weighted by atomic mass is 10.1. The van der Waals surface area contributed by atoms with Gasteiger partial charge in [-0.1, -0.05) is 0 Å². The molecule has 0 aliphatic rings. The molecule has 7 nitrogen and oxygen atoms in total. The Balaban J connectivity index is 1.73. The summed E-state index contributed by atoms with van der Waals surface area (Å²) in [4.78, 5) is 30.1. The van der Waals surface area contributed by atoms with Gasteiger partial charge >= 0.3 is 5.97 Å². The number of nitrogens with one attached hydrogen (secondary N) is 1. The average molecular weight is 435 g/mol. The summed E-state index contributed by atoms with van der Waals surface area (Å²) in [7, 11) is 0. The Morgan fingerprint density at radius 2 is 1.87 bits per heavy atom. The number of nitrogens with zero attached hydrogens (tertiary/aromatic N) is 3. The highest BCUT2D eigenvalue weighted by Gasteiger charge is 2.20. The molecule has 2 aromatic heterocycles. The molecule has 158 valence electrons. The molecule has 0 unspecified atom stereocenters. The molecule has 2 heterocycles. The van der Waals surface area contributed by atoms with E-state index < -0.39 is 11.6 Å². The zero-order valence-corrected chi connectivity index (χ0v) is 18.5. The number of rotatable bonds is 5. The van der Waals surface area contributed by atoms with Crippen LogP contribution in [0.15, 0.2) is 42.6 Å². The molecule has 0 bridgehead atoms. The number of aryl methyl sites for hydroxylation is 1. The monoisotopic (exact) mass is 434 g/mol. The molecule has 31 heavy (non-hydrogen) atoms. The molecular weight excluding hydrogens is 412 g/mol. The summed E-state index contributed by atoms with van der Waals surface area (Å²) in [6, 6.07) is 12.1. The van der Waals surface area contributed by atoms with Crippen LogP contribution in [0.4, 0.5) is 5.69 Å².